The van der Waals surface area contributed by atoms with Crippen LogP contribution in [0.3, 0.4) is 0 Å². The first kappa shape index (κ1) is 17.1. The number of nitrogens with one attached hydrogen (secondary N) is 1. The van der Waals surface area contributed by atoms with E-state index in [0.29, 0.717) is 10.2 Å². The Kier molecular flexibility index (Phi) is 4.92. The summed E-state index contributed by atoms with van der Waals surface area (Å²) in [5, 5.41) is 14.1. The van der Waals surface area contributed by atoms with Crippen LogP contribution in [0.15, 0.2) is 29.3 Å². The molecular formula is C14H16ClIN2O2S. The zero-order chi connectivity index (χ0) is 15.8. The zero-order valence-electron chi connectivity index (χ0n) is 11.9. The van der Waals surface area contributed by atoms with Gasteiger partial charge in [0.05, 0.1) is 5.60 Å². The third-order valence-corrected chi connectivity index (χ3v) is 6.24. The van der Waals surface area contributed by atoms with Crippen molar-refractivity contribution in [3.63, 3.8) is 0 Å². The van der Waals surface area contributed by atoms with E-state index in [4.69, 9.17) is 11.6 Å². The number of thioether (sulfide) groups is 1. The summed E-state index contributed by atoms with van der Waals surface area (Å²) in [6.45, 7) is 4.98. The van der Waals surface area contributed by atoms with Gasteiger partial charge in [-0.2, -0.15) is 0 Å². The summed E-state index contributed by atoms with van der Waals surface area (Å²) < 4.78 is -1.07. The van der Waals surface area contributed by atoms with Gasteiger partial charge in [-0.1, -0.05) is 58.1 Å². The van der Waals surface area contributed by atoms with Crippen molar-refractivity contribution in [2.45, 2.75) is 35.2 Å². The van der Waals surface area contributed by atoms with Crippen molar-refractivity contribution in [3.05, 3.63) is 34.9 Å². The van der Waals surface area contributed by atoms with Gasteiger partial charge in [0.2, 0.25) is 5.91 Å². The summed E-state index contributed by atoms with van der Waals surface area (Å²) in [4.78, 5) is 16.6. The average molecular weight is 439 g/mol. The molecule has 1 aliphatic heterocycles. The van der Waals surface area contributed by atoms with Gasteiger partial charge in [0, 0.05) is 5.02 Å². The quantitative estimate of drug-likeness (QED) is 0.431. The second kappa shape index (κ2) is 6.06. The molecule has 2 N–H and O–H groups in total. The minimum Gasteiger partial charge on any atom is -0.388 e. The fraction of sp³-hybridized carbons (Fsp3) is 0.429. The molecule has 2 rings (SSSR count). The Labute approximate surface area is 146 Å². The van der Waals surface area contributed by atoms with Crippen LogP contribution >= 0.6 is 46.0 Å². The standard InChI is InChI=1S/C14H16ClIN2O2S/c1-13(2,20)14(3)11(19)18-12(21-14)17-10(16)8-4-6-9(15)7-5-8/h4-7,10,20H,1-3H3,(H,17,18,19)/t10-,14?/m1/s1. The molecule has 0 radical (unpaired) electrons. The molecule has 0 bridgehead atoms. The Morgan fingerprint density at radius 3 is 2.48 bits per heavy atom. The van der Waals surface area contributed by atoms with Crippen LogP contribution in [0.2, 0.25) is 5.02 Å². The fourth-order valence-electron chi connectivity index (χ4n) is 1.74. The molecule has 0 spiro atoms. The zero-order valence-corrected chi connectivity index (χ0v) is 15.6. The molecule has 1 aromatic rings. The first-order valence-corrected chi connectivity index (χ1v) is 8.78. The van der Waals surface area contributed by atoms with Crippen LogP contribution in [0.4, 0.5) is 0 Å². The van der Waals surface area contributed by atoms with Gasteiger partial charge in [0.25, 0.3) is 0 Å². The first-order chi connectivity index (χ1) is 9.63. The molecule has 1 aliphatic rings. The van der Waals surface area contributed by atoms with Crippen LogP contribution in [-0.4, -0.2) is 26.5 Å². The third kappa shape index (κ3) is 3.55. The van der Waals surface area contributed by atoms with E-state index >= 15 is 0 Å². The number of amides is 1. The van der Waals surface area contributed by atoms with Crippen LogP contribution in [0, 0.1) is 0 Å². The third-order valence-electron chi connectivity index (χ3n) is 3.50. The highest BCUT2D eigenvalue weighted by molar-refractivity contribution is 14.1. The number of benzene rings is 1. The van der Waals surface area contributed by atoms with Crippen LogP contribution in [0.1, 0.15) is 30.4 Å². The van der Waals surface area contributed by atoms with E-state index in [1.54, 1.807) is 20.8 Å². The molecule has 7 heteroatoms. The molecule has 1 amide bonds. The number of rotatable bonds is 3. The Bertz CT molecular complexity index is 586. The van der Waals surface area contributed by atoms with Gasteiger partial charge in [-0.3, -0.25) is 4.79 Å². The normalized spacial score (nSPS) is 26.0. The van der Waals surface area contributed by atoms with E-state index in [9.17, 15) is 9.90 Å². The van der Waals surface area contributed by atoms with Gasteiger partial charge in [0.15, 0.2) is 5.17 Å². The maximum absolute atomic E-state index is 12.1. The second-order valence-corrected chi connectivity index (χ2v) is 8.49. The smallest absolute Gasteiger partial charge is 0.245 e. The number of alkyl halides is 1. The number of nitrogens with zero attached hydrogens (tertiary/aromatic N) is 1. The number of aliphatic hydroxyl groups is 1. The van der Waals surface area contributed by atoms with Crippen molar-refractivity contribution in [2.24, 2.45) is 4.99 Å². The minimum absolute atomic E-state index is 0.133. The number of hydrogen-bond donors (Lipinski definition) is 2. The molecule has 114 valence electrons. The number of carbonyl (C=O) groups is 1. The van der Waals surface area contributed by atoms with Crippen LogP contribution < -0.4 is 5.32 Å². The van der Waals surface area contributed by atoms with E-state index in [1.807, 2.05) is 24.3 Å². The molecule has 0 aromatic heterocycles. The summed E-state index contributed by atoms with van der Waals surface area (Å²) in [6.07, 6.45) is 0. The van der Waals surface area contributed by atoms with Crippen molar-refractivity contribution in [1.82, 2.24) is 5.32 Å². The van der Waals surface area contributed by atoms with Crippen molar-refractivity contribution in [3.8, 4) is 0 Å². The number of halogens is 2. The Hall–Kier alpha value is -0.310. The lowest BCUT2D eigenvalue weighted by Crippen LogP contribution is -2.50. The molecule has 0 saturated carbocycles. The number of carbonyl (C=O) groups excluding carboxylic acids is 1. The van der Waals surface area contributed by atoms with E-state index < -0.39 is 10.3 Å². The largest absolute Gasteiger partial charge is 0.388 e. The summed E-state index contributed by atoms with van der Waals surface area (Å²) in [7, 11) is 0. The molecule has 4 nitrogen and oxygen atoms in total. The van der Waals surface area contributed by atoms with Crippen LogP contribution in [0.25, 0.3) is 0 Å². The van der Waals surface area contributed by atoms with Gasteiger partial charge in [0.1, 0.15) is 8.80 Å². The number of amidine groups is 1. The Balaban J connectivity index is 2.20. The molecule has 1 heterocycles. The Morgan fingerprint density at radius 1 is 1.43 bits per heavy atom. The summed E-state index contributed by atoms with van der Waals surface area (Å²) in [6, 6.07) is 7.42. The van der Waals surface area contributed by atoms with Gasteiger partial charge < -0.3 is 10.4 Å². The highest BCUT2D eigenvalue weighted by Crippen LogP contribution is 2.41. The topological polar surface area (TPSA) is 61.7 Å². The molecule has 0 aliphatic carbocycles. The maximum Gasteiger partial charge on any atom is 0.245 e. The van der Waals surface area contributed by atoms with Gasteiger partial charge in [-0.05, 0) is 38.5 Å². The van der Waals surface area contributed by atoms with E-state index in [-0.39, 0.29) is 9.96 Å². The number of hydrogen-bond acceptors (Lipinski definition) is 4. The molecular weight excluding hydrogens is 423 g/mol. The number of aliphatic imine (C=N–C) groups is 1. The van der Waals surface area contributed by atoms with E-state index in [1.165, 1.54) is 11.8 Å². The lowest BCUT2D eigenvalue weighted by atomic mass is 9.91. The van der Waals surface area contributed by atoms with Gasteiger partial charge >= 0.3 is 0 Å². The molecule has 1 saturated heterocycles. The molecule has 1 fully saturated rings. The van der Waals surface area contributed by atoms with Crippen LogP contribution in [0.5, 0.6) is 0 Å². The second-order valence-electron chi connectivity index (χ2n) is 5.47. The molecule has 2 atom stereocenters. The summed E-state index contributed by atoms with van der Waals surface area (Å²) in [5.41, 5.74) is -0.140. The average Bonchev–Trinajstić information content (AvgIpc) is 2.66. The summed E-state index contributed by atoms with van der Waals surface area (Å²) in [5.74, 6) is -0.224. The first-order valence-electron chi connectivity index (χ1n) is 6.34. The summed E-state index contributed by atoms with van der Waals surface area (Å²) >= 11 is 9.32. The lowest BCUT2D eigenvalue weighted by molar-refractivity contribution is -0.126. The predicted octanol–water partition coefficient (Wildman–Crippen LogP) is 3.52. The monoisotopic (exact) mass is 438 g/mol. The maximum atomic E-state index is 12.1. The lowest BCUT2D eigenvalue weighted by Gasteiger charge is -2.32. The van der Waals surface area contributed by atoms with E-state index in [0.717, 1.165) is 5.56 Å². The SMILES string of the molecule is CC(C)(O)C1(C)SC(=N[C@@H](I)c2ccc(Cl)cc2)NC1=O. The highest BCUT2D eigenvalue weighted by atomic mass is 127. The molecule has 21 heavy (non-hydrogen) atoms. The van der Waals surface area contributed by atoms with Crippen molar-refractivity contribution >= 4 is 57.0 Å². The van der Waals surface area contributed by atoms with Gasteiger partial charge in [-0.15, -0.1) is 0 Å². The highest BCUT2D eigenvalue weighted by Gasteiger charge is 2.52. The van der Waals surface area contributed by atoms with E-state index in [2.05, 4.69) is 32.9 Å². The Morgan fingerprint density at radius 2 is 2.00 bits per heavy atom. The van der Waals surface area contributed by atoms with Crippen LogP contribution in [-0.2, 0) is 4.79 Å². The minimum atomic E-state index is -1.14. The van der Waals surface area contributed by atoms with Gasteiger partial charge in [-0.25, -0.2) is 4.99 Å². The predicted molar refractivity (Wildman–Crippen MR) is 96.1 cm³/mol. The van der Waals surface area contributed by atoms with Crippen molar-refractivity contribution < 1.29 is 9.90 Å². The fourth-order valence-corrected chi connectivity index (χ4v) is 3.83. The van der Waals surface area contributed by atoms with Crippen molar-refractivity contribution in [1.29, 1.82) is 0 Å². The van der Waals surface area contributed by atoms with Crippen molar-refractivity contribution in [2.75, 3.05) is 0 Å². The molecule has 1 aromatic carbocycles. The molecule has 1 unspecified atom stereocenters.